The van der Waals surface area contributed by atoms with Crippen molar-refractivity contribution in [1.29, 1.82) is 0 Å². The highest BCUT2D eigenvalue weighted by Gasteiger charge is 2.35. The van der Waals surface area contributed by atoms with Crippen molar-refractivity contribution in [1.82, 2.24) is 19.8 Å². The third kappa shape index (κ3) is 10.7. The van der Waals surface area contributed by atoms with E-state index in [2.05, 4.69) is 34.4 Å². The zero-order valence-electron chi connectivity index (χ0n) is 26.5. The Morgan fingerprint density at radius 1 is 1.00 bits per heavy atom. The molecule has 3 rings (SSSR count). The summed E-state index contributed by atoms with van der Waals surface area (Å²) in [5.41, 5.74) is -0.248. The highest BCUT2D eigenvalue weighted by atomic mass is 19.4. The molecule has 1 fully saturated rings. The lowest BCUT2D eigenvalue weighted by atomic mass is 9.98. The molecule has 1 aliphatic heterocycles. The zero-order chi connectivity index (χ0) is 32.8. The Morgan fingerprint density at radius 2 is 1.69 bits per heavy atom. The quantitative estimate of drug-likeness (QED) is 0.225. The molecule has 0 spiro atoms. The molecule has 0 radical (unpaired) electrons. The number of anilines is 3. The zero-order valence-corrected chi connectivity index (χ0v) is 26.5. The number of ether oxygens (including phenoxy) is 3. The molecule has 1 atom stereocenters. The van der Waals surface area contributed by atoms with Gasteiger partial charge < -0.3 is 34.6 Å². The molecule has 2 N–H and O–H groups in total. The molecule has 1 saturated heterocycles. The lowest BCUT2D eigenvalue weighted by molar-refractivity contribution is -0.137. The molecule has 2 amide bonds. The first-order valence-electron chi connectivity index (χ1n) is 15.4. The lowest BCUT2D eigenvalue weighted by Gasteiger charge is -2.35. The summed E-state index contributed by atoms with van der Waals surface area (Å²) in [4.78, 5) is 36.9. The fourth-order valence-corrected chi connectivity index (χ4v) is 5.08. The van der Waals surface area contributed by atoms with Crippen LogP contribution in [-0.4, -0.2) is 98.3 Å². The van der Waals surface area contributed by atoms with E-state index in [1.165, 1.54) is 33.4 Å². The smallest absolute Gasteiger partial charge is 0.421 e. The largest absolute Gasteiger partial charge is 0.495 e. The van der Waals surface area contributed by atoms with Gasteiger partial charge in [-0.3, -0.25) is 9.59 Å². The van der Waals surface area contributed by atoms with Gasteiger partial charge in [-0.2, -0.15) is 18.2 Å². The van der Waals surface area contributed by atoms with Crippen molar-refractivity contribution in [2.24, 2.45) is 5.92 Å². The minimum Gasteiger partial charge on any atom is -0.495 e. The maximum Gasteiger partial charge on any atom is 0.421 e. The molecule has 11 nitrogen and oxygen atoms in total. The molecule has 0 aliphatic carbocycles. The first kappa shape index (κ1) is 35.8. The van der Waals surface area contributed by atoms with Crippen molar-refractivity contribution in [2.75, 3.05) is 77.4 Å². The number of carbonyl (C=O) groups excluding carboxylic acids is 2. The van der Waals surface area contributed by atoms with Gasteiger partial charge in [-0.1, -0.05) is 33.1 Å². The van der Waals surface area contributed by atoms with Crippen molar-refractivity contribution in [3.05, 3.63) is 35.5 Å². The van der Waals surface area contributed by atoms with E-state index in [4.69, 9.17) is 14.2 Å². The molecule has 1 aliphatic rings. The summed E-state index contributed by atoms with van der Waals surface area (Å²) in [6.07, 6.45) is 1.01. The highest BCUT2D eigenvalue weighted by Crippen LogP contribution is 2.35. The van der Waals surface area contributed by atoms with E-state index < -0.39 is 11.7 Å². The Morgan fingerprint density at radius 3 is 2.31 bits per heavy atom. The van der Waals surface area contributed by atoms with Gasteiger partial charge in [0.25, 0.3) is 5.91 Å². The van der Waals surface area contributed by atoms with Gasteiger partial charge in [-0.15, -0.1) is 0 Å². The fraction of sp³-hybridized carbons (Fsp3) is 0.613. The monoisotopic (exact) mass is 638 g/mol. The van der Waals surface area contributed by atoms with E-state index in [9.17, 15) is 22.8 Å². The molecule has 0 saturated carbocycles. The van der Waals surface area contributed by atoms with Crippen LogP contribution in [0.5, 0.6) is 5.75 Å². The predicted octanol–water partition coefficient (Wildman–Crippen LogP) is 5.21. The van der Waals surface area contributed by atoms with Crippen LogP contribution in [0.15, 0.2) is 24.4 Å². The third-order valence-corrected chi connectivity index (χ3v) is 7.72. The second-order valence-electron chi connectivity index (χ2n) is 10.7. The summed E-state index contributed by atoms with van der Waals surface area (Å²) in [6.45, 7) is 8.02. The van der Waals surface area contributed by atoms with E-state index in [-0.39, 0.29) is 35.8 Å². The number of nitrogens with one attached hydrogen (secondary N) is 2. The van der Waals surface area contributed by atoms with Crippen LogP contribution in [0.2, 0.25) is 0 Å². The number of rotatable bonds is 17. The maximum atomic E-state index is 13.2. The Bertz CT molecular complexity index is 1240. The molecule has 1 aromatic carbocycles. The van der Waals surface area contributed by atoms with Crippen LogP contribution in [0.4, 0.5) is 30.6 Å². The Kier molecular flexibility index (Phi) is 14.1. The van der Waals surface area contributed by atoms with E-state index in [0.29, 0.717) is 69.4 Å². The fourth-order valence-electron chi connectivity index (χ4n) is 5.08. The van der Waals surface area contributed by atoms with Crippen LogP contribution in [0, 0.1) is 5.92 Å². The number of carbonyl (C=O) groups is 2. The number of methoxy groups -OCH3 is 1. The van der Waals surface area contributed by atoms with Crippen LogP contribution < -0.4 is 15.4 Å². The molecule has 1 aromatic heterocycles. The number of halogens is 3. The van der Waals surface area contributed by atoms with Crippen molar-refractivity contribution in [2.45, 2.75) is 52.1 Å². The van der Waals surface area contributed by atoms with E-state index in [1.807, 2.05) is 0 Å². The number of hydrogen-bond acceptors (Lipinski definition) is 9. The topological polar surface area (TPSA) is 118 Å². The molecule has 1 unspecified atom stereocenters. The Labute approximate surface area is 262 Å². The molecule has 45 heavy (non-hydrogen) atoms. The van der Waals surface area contributed by atoms with Crippen molar-refractivity contribution in [3.63, 3.8) is 0 Å². The van der Waals surface area contributed by atoms with Crippen LogP contribution in [0.1, 0.15) is 61.9 Å². The minimum absolute atomic E-state index is 0.0163. The molecule has 250 valence electrons. The second kappa shape index (κ2) is 17.7. The standard InChI is InChI=1S/C31H45F3N6O5/c1-5-7-22(6-2)10-16-44-18-19-45-17-11-27(41)39-12-14-40(15-13-39)29(42)23-8-9-25(26(20-23)43-4)37-30-36-21-24(31(32,33)34)28(35-3)38-30/h8-9,20-22H,5-7,10-19H2,1-4H3,(H2,35,36,37,38). The molecular weight excluding hydrogens is 593 g/mol. The molecular formula is C31H45F3N6O5. The molecule has 2 aromatic rings. The highest BCUT2D eigenvalue weighted by molar-refractivity contribution is 5.95. The van der Waals surface area contributed by atoms with E-state index >= 15 is 0 Å². The van der Waals surface area contributed by atoms with Gasteiger partial charge in [0.2, 0.25) is 11.9 Å². The predicted molar refractivity (Wildman–Crippen MR) is 165 cm³/mol. The third-order valence-electron chi connectivity index (χ3n) is 7.72. The number of aromatic nitrogens is 2. The first-order valence-corrected chi connectivity index (χ1v) is 15.4. The van der Waals surface area contributed by atoms with Gasteiger partial charge in [-0.25, -0.2) is 4.98 Å². The van der Waals surface area contributed by atoms with E-state index in [1.54, 1.807) is 28.0 Å². The average molecular weight is 639 g/mol. The van der Waals surface area contributed by atoms with Crippen molar-refractivity contribution >= 4 is 29.3 Å². The summed E-state index contributed by atoms with van der Waals surface area (Å²) in [5, 5.41) is 5.27. The van der Waals surface area contributed by atoms with Crippen LogP contribution in [0.3, 0.4) is 0 Å². The summed E-state index contributed by atoms with van der Waals surface area (Å²) < 4.78 is 56.2. The van der Waals surface area contributed by atoms with Crippen molar-refractivity contribution in [3.8, 4) is 5.75 Å². The molecule has 0 bridgehead atoms. The van der Waals surface area contributed by atoms with Gasteiger partial charge >= 0.3 is 6.18 Å². The average Bonchev–Trinajstić information content (AvgIpc) is 3.04. The maximum absolute atomic E-state index is 13.2. The molecule has 2 heterocycles. The number of alkyl halides is 3. The van der Waals surface area contributed by atoms with Crippen LogP contribution in [-0.2, 0) is 20.4 Å². The number of piperazine rings is 1. The second-order valence-corrected chi connectivity index (χ2v) is 10.7. The normalized spacial score (nSPS) is 14.3. The number of hydrogen-bond donors (Lipinski definition) is 2. The minimum atomic E-state index is -4.61. The number of nitrogens with zero attached hydrogens (tertiary/aromatic N) is 4. The summed E-state index contributed by atoms with van der Waals surface area (Å²) in [5.74, 6) is 0.305. The Hall–Kier alpha value is -3.65. The number of amides is 2. The van der Waals surface area contributed by atoms with Crippen molar-refractivity contribution < 1.29 is 37.0 Å². The van der Waals surface area contributed by atoms with Gasteiger partial charge in [-0.05, 0) is 30.5 Å². The van der Waals surface area contributed by atoms with Gasteiger partial charge in [0.05, 0.1) is 39.0 Å². The first-order chi connectivity index (χ1) is 21.6. The van der Waals surface area contributed by atoms with Crippen LogP contribution in [0.25, 0.3) is 0 Å². The Balaban J connectivity index is 1.43. The van der Waals surface area contributed by atoms with E-state index in [0.717, 1.165) is 13.0 Å². The summed E-state index contributed by atoms with van der Waals surface area (Å²) in [6, 6.07) is 4.70. The number of benzene rings is 1. The van der Waals surface area contributed by atoms with Gasteiger partial charge in [0, 0.05) is 51.6 Å². The lowest BCUT2D eigenvalue weighted by Crippen LogP contribution is -2.50. The van der Waals surface area contributed by atoms with Gasteiger partial charge in [0.15, 0.2) is 0 Å². The molecule has 14 heteroatoms. The SMILES string of the molecule is CCCC(CC)CCOCCOCCC(=O)N1CCN(C(=O)c2ccc(Nc3ncc(C(F)(F)F)c(NC)n3)c(OC)c2)CC1. The summed E-state index contributed by atoms with van der Waals surface area (Å²) >= 11 is 0. The summed E-state index contributed by atoms with van der Waals surface area (Å²) in [7, 11) is 2.75. The van der Waals surface area contributed by atoms with Gasteiger partial charge in [0.1, 0.15) is 17.1 Å². The van der Waals surface area contributed by atoms with Crippen LogP contribution >= 0.6 is 0 Å².